The Kier molecular flexibility index (Phi) is 4.74. The Labute approximate surface area is 139 Å². The molecular weight excluding hydrogens is 338 g/mol. The van der Waals surface area contributed by atoms with Gasteiger partial charge >= 0.3 is 0 Å². The van der Waals surface area contributed by atoms with Crippen molar-refractivity contribution in [3.05, 3.63) is 76.3 Å². The number of carbonyl (C=O) groups is 1. The van der Waals surface area contributed by atoms with Crippen LogP contribution in [0.25, 0.3) is 0 Å². The number of carbonyl (C=O) groups excluding carboxylic acids is 1. The monoisotopic (exact) mass is 355 g/mol. The Hall–Kier alpha value is -1.87. The average molecular weight is 356 g/mol. The Morgan fingerprint density at radius 3 is 2.32 bits per heavy atom. The van der Waals surface area contributed by atoms with Crippen LogP contribution in [0.5, 0.6) is 0 Å². The molecule has 22 heavy (non-hydrogen) atoms. The van der Waals surface area contributed by atoms with E-state index in [-0.39, 0.29) is 5.91 Å². The minimum Gasteiger partial charge on any atom is -0.322 e. The number of amides is 1. The van der Waals surface area contributed by atoms with E-state index in [4.69, 9.17) is 0 Å². The van der Waals surface area contributed by atoms with Crippen molar-refractivity contribution in [2.75, 3.05) is 5.32 Å². The highest BCUT2D eigenvalue weighted by molar-refractivity contribution is 9.11. The summed E-state index contributed by atoms with van der Waals surface area (Å²) in [5.41, 5.74) is 3.01. The number of para-hydroxylation sites is 1. The maximum Gasteiger partial charge on any atom is 0.252 e. The SMILES string of the molecule is O=C(Nc1ccccc1)C1=C(Br)CCC(c2ccccc2)C1. The first kappa shape index (κ1) is 15.0. The third-order valence-corrected chi connectivity index (χ3v) is 4.94. The van der Waals surface area contributed by atoms with E-state index in [1.165, 1.54) is 5.56 Å². The minimum absolute atomic E-state index is 0.00120. The number of halogens is 1. The van der Waals surface area contributed by atoms with E-state index in [1.54, 1.807) is 0 Å². The first-order chi connectivity index (χ1) is 10.7. The molecule has 1 N–H and O–H groups in total. The fourth-order valence-corrected chi connectivity index (χ4v) is 3.44. The standard InChI is InChI=1S/C19H18BrNO/c20-18-12-11-15(14-7-3-1-4-8-14)13-17(18)19(22)21-16-9-5-2-6-10-16/h1-10,15H,11-13H2,(H,21,22). The number of rotatable bonds is 3. The van der Waals surface area contributed by atoms with Crippen molar-refractivity contribution in [2.45, 2.75) is 25.2 Å². The third-order valence-electron chi connectivity index (χ3n) is 4.07. The van der Waals surface area contributed by atoms with Crippen molar-refractivity contribution in [1.29, 1.82) is 0 Å². The topological polar surface area (TPSA) is 29.1 Å². The summed E-state index contributed by atoms with van der Waals surface area (Å²) in [5.74, 6) is 0.415. The van der Waals surface area contributed by atoms with Gasteiger partial charge in [0.25, 0.3) is 5.91 Å². The van der Waals surface area contributed by atoms with Gasteiger partial charge in [-0.2, -0.15) is 0 Å². The van der Waals surface area contributed by atoms with Crippen molar-refractivity contribution < 1.29 is 4.79 Å². The van der Waals surface area contributed by atoms with Crippen LogP contribution < -0.4 is 5.32 Å². The van der Waals surface area contributed by atoms with E-state index in [1.807, 2.05) is 36.4 Å². The molecule has 2 nitrogen and oxygen atoms in total. The second-order valence-electron chi connectivity index (χ2n) is 5.55. The van der Waals surface area contributed by atoms with Crippen molar-refractivity contribution >= 4 is 27.5 Å². The lowest BCUT2D eigenvalue weighted by molar-refractivity contribution is -0.113. The Bertz CT molecular complexity index is 679. The van der Waals surface area contributed by atoms with Crippen LogP contribution in [-0.4, -0.2) is 5.91 Å². The molecule has 0 fully saturated rings. The van der Waals surface area contributed by atoms with Crippen LogP contribution >= 0.6 is 15.9 Å². The fourth-order valence-electron chi connectivity index (χ4n) is 2.86. The summed E-state index contributed by atoms with van der Waals surface area (Å²) < 4.78 is 1.04. The molecule has 112 valence electrons. The highest BCUT2D eigenvalue weighted by atomic mass is 79.9. The van der Waals surface area contributed by atoms with Crippen LogP contribution in [0.2, 0.25) is 0 Å². The molecule has 0 saturated heterocycles. The van der Waals surface area contributed by atoms with Crippen LogP contribution in [0.15, 0.2) is 70.7 Å². The van der Waals surface area contributed by atoms with Crippen molar-refractivity contribution in [3.8, 4) is 0 Å². The average Bonchev–Trinajstić information content (AvgIpc) is 2.57. The first-order valence-electron chi connectivity index (χ1n) is 7.53. The summed E-state index contributed by atoms with van der Waals surface area (Å²) in [6.07, 6.45) is 2.77. The van der Waals surface area contributed by atoms with Crippen LogP contribution in [0.4, 0.5) is 5.69 Å². The molecule has 1 aliphatic rings. The van der Waals surface area contributed by atoms with Gasteiger partial charge in [0.05, 0.1) is 0 Å². The molecule has 0 aliphatic heterocycles. The fraction of sp³-hybridized carbons (Fsp3) is 0.211. The van der Waals surface area contributed by atoms with E-state index in [0.717, 1.165) is 35.0 Å². The van der Waals surface area contributed by atoms with Gasteiger partial charge in [0.2, 0.25) is 0 Å². The van der Waals surface area contributed by atoms with Gasteiger partial charge in [0, 0.05) is 15.7 Å². The Morgan fingerprint density at radius 1 is 1.00 bits per heavy atom. The van der Waals surface area contributed by atoms with Gasteiger partial charge < -0.3 is 5.32 Å². The number of hydrogen-bond donors (Lipinski definition) is 1. The molecular formula is C19H18BrNO. The predicted octanol–water partition coefficient (Wildman–Crippen LogP) is 5.24. The second-order valence-corrected chi connectivity index (χ2v) is 6.51. The lowest BCUT2D eigenvalue weighted by atomic mass is 9.83. The van der Waals surface area contributed by atoms with E-state index in [0.29, 0.717) is 5.92 Å². The van der Waals surface area contributed by atoms with E-state index >= 15 is 0 Å². The van der Waals surface area contributed by atoms with Gasteiger partial charge in [-0.1, -0.05) is 64.5 Å². The van der Waals surface area contributed by atoms with Gasteiger partial charge in [-0.05, 0) is 42.9 Å². The number of anilines is 1. The lowest BCUT2D eigenvalue weighted by Gasteiger charge is -2.25. The number of benzene rings is 2. The third kappa shape index (κ3) is 3.47. The van der Waals surface area contributed by atoms with E-state index in [2.05, 4.69) is 45.5 Å². The van der Waals surface area contributed by atoms with Crippen LogP contribution in [0.3, 0.4) is 0 Å². The Morgan fingerprint density at radius 2 is 1.64 bits per heavy atom. The zero-order valence-electron chi connectivity index (χ0n) is 12.3. The normalized spacial score (nSPS) is 18.1. The smallest absolute Gasteiger partial charge is 0.252 e. The molecule has 3 heteroatoms. The molecule has 1 amide bonds. The summed E-state index contributed by atoms with van der Waals surface area (Å²) in [6.45, 7) is 0. The molecule has 1 aliphatic carbocycles. The highest BCUT2D eigenvalue weighted by Crippen LogP contribution is 2.38. The molecule has 2 aromatic rings. The molecule has 3 rings (SSSR count). The number of nitrogens with one attached hydrogen (secondary N) is 1. The van der Waals surface area contributed by atoms with Gasteiger partial charge in [0.1, 0.15) is 0 Å². The maximum atomic E-state index is 12.6. The molecule has 0 radical (unpaired) electrons. The summed E-state index contributed by atoms with van der Waals surface area (Å²) in [5, 5.41) is 2.99. The van der Waals surface area contributed by atoms with Gasteiger partial charge in [-0.25, -0.2) is 0 Å². The highest BCUT2D eigenvalue weighted by Gasteiger charge is 2.25. The van der Waals surface area contributed by atoms with Crippen LogP contribution in [0, 0.1) is 0 Å². The summed E-state index contributed by atoms with van der Waals surface area (Å²) >= 11 is 3.59. The predicted molar refractivity (Wildman–Crippen MR) is 94.1 cm³/mol. The number of hydrogen-bond acceptors (Lipinski definition) is 1. The van der Waals surface area contributed by atoms with E-state index in [9.17, 15) is 4.79 Å². The van der Waals surface area contributed by atoms with Crippen LogP contribution in [-0.2, 0) is 4.79 Å². The van der Waals surface area contributed by atoms with E-state index < -0.39 is 0 Å². The molecule has 0 aromatic heterocycles. The molecule has 0 heterocycles. The lowest BCUT2D eigenvalue weighted by Crippen LogP contribution is -2.20. The summed E-state index contributed by atoms with van der Waals surface area (Å²) in [4.78, 5) is 12.6. The molecule has 0 saturated carbocycles. The molecule has 1 atom stereocenters. The zero-order chi connectivity index (χ0) is 15.4. The van der Waals surface area contributed by atoms with Crippen molar-refractivity contribution in [1.82, 2.24) is 0 Å². The molecule has 0 spiro atoms. The second kappa shape index (κ2) is 6.93. The maximum absolute atomic E-state index is 12.6. The molecule has 2 aromatic carbocycles. The minimum atomic E-state index is -0.00120. The molecule has 0 bridgehead atoms. The molecule has 1 unspecified atom stereocenters. The van der Waals surface area contributed by atoms with Gasteiger partial charge in [-0.15, -0.1) is 0 Å². The van der Waals surface area contributed by atoms with Gasteiger partial charge in [0.15, 0.2) is 0 Å². The quantitative estimate of drug-likeness (QED) is 0.800. The Balaban J connectivity index is 1.76. The summed E-state index contributed by atoms with van der Waals surface area (Å²) in [7, 11) is 0. The van der Waals surface area contributed by atoms with Crippen molar-refractivity contribution in [2.24, 2.45) is 0 Å². The van der Waals surface area contributed by atoms with Crippen LogP contribution in [0.1, 0.15) is 30.7 Å². The van der Waals surface area contributed by atoms with Crippen molar-refractivity contribution in [3.63, 3.8) is 0 Å². The van der Waals surface area contributed by atoms with Gasteiger partial charge in [-0.3, -0.25) is 4.79 Å². The summed E-state index contributed by atoms with van der Waals surface area (Å²) in [6, 6.07) is 20.1. The number of allylic oxidation sites excluding steroid dienone is 1. The first-order valence-corrected chi connectivity index (χ1v) is 8.32. The zero-order valence-corrected chi connectivity index (χ0v) is 13.8. The largest absolute Gasteiger partial charge is 0.322 e.